The number of Topliss-reactive ketones (excluding diaryl/α,β-unsaturated/α-hetero) is 1. The lowest BCUT2D eigenvalue weighted by Crippen LogP contribution is -2.48. The summed E-state index contributed by atoms with van der Waals surface area (Å²) in [5.74, 6) is -0.0529. The predicted molar refractivity (Wildman–Crippen MR) is 95.2 cm³/mol. The first kappa shape index (κ1) is 19.4. The van der Waals surface area contributed by atoms with Gasteiger partial charge in [0.25, 0.3) is 0 Å². The summed E-state index contributed by atoms with van der Waals surface area (Å²) in [7, 11) is 0. The van der Waals surface area contributed by atoms with Crippen molar-refractivity contribution in [2.24, 2.45) is 10.8 Å². The van der Waals surface area contributed by atoms with Crippen molar-refractivity contribution >= 4 is 11.7 Å². The third kappa shape index (κ3) is 6.17. The summed E-state index contributed by atoms with van der Waals surface area (Å²) in [6.07, 6.45) is 2.34. The maximum absolute atomic E-state index is 12.7. The Balaban J connectivity index is 2.79. The van der Waals surface area contributed by atoms with Gasteiger partial charge in [-0.3, -0.25) is 9.59 Å². The van der Waals surface area contributed by atoms with Crippen LogP contribution in [-0.2, 0) is 16.0 Å². The van der Waals surface area contributed by atoms with E-state index in [0.29, 0.717) is 6.42 Å². The van der Waals surface area contributed by atoms with Gasteiger partial charge in [-0.1, -0.05) is 71.4 Å². The van der Waals surface area contributed by atoms with Gasteiger partial charge in [0.05, 0.1) is 6.04 Å². The van der Waals surface area contributed by atoms with Crippen LogP contribution < -0.4 is 5.32 Å². The highest BCUT2D eigenvalue weighted by molar-refractivity contribution is 5.89. The molecule has 23 heavy (non-hydrogen) atoms. The molecule has 0 aliphatic heterocycles. The van der Waals surface area contributed by atoms with Gasteiger partial charge in [0.15, 0.2) is 5.78 Å². The molecule has 0 aliphatic carbocycles. The van der Waals surface area contributed by atoms with Gasteiger partial charge in [0, 0.05) is 5.41 Å². The molecule has 1 aromatic carbocycles. The monoisotopic (exact) mass is 317 g/mol. The van der Waals surface area contributed by atoms with Gasteiger partial charge in [0.2, 0.25) is 5.91 Å². The molecule has 3 heteroatoms. The van der Waals surface area contributed by atoms with E-state index < -0.39 is 11.5 Å². The quantitative estimate of drug-likeness (QED) is 0.782. The van der Waals surface area contributed by atoms with Crippen LogP contribution >= 0.6 is 0 Å². The summed E-state index contributed by atoms with van der Waals surface area (Å²) in [5.41, 5.74) is 0.662. The lowest BCUT2D eigenvalue weighted by molar-refractivity contribution is -0.134. The van der Waals surface area contributed by atoms with E-state index in [9.17, 15) is 9.59 Å². The molecule has 0 aromatic heterocycles. The second-order valence-electron chi connectivity index (χ2n) is 7.90. The van der Waals surface area contributed by atoms with E-state index in [4.69, 9.17) is 0 Å². The van der Waals surface area contributed by atoms with E-state index in [1.807, 2.05) is 44.2 Å². The number of amides is 1. The Hall–Kier alpha value is -1.64. The number of hydrogen-bond acceptors (Lipinski definition) is 2. The fourth-order valence-electron chi connectivity index (χ4n) is 2.90. The van der Waals surface area contributed by atoms with E-state index in [1.54, 1.807) is 0 Å². The topological polar surface area (TPSA) is 46.2 Å². The average Bonchev–Trinajstić information content (AvgIpc) is 2.46. The Morgan fingerprint density at radius 1 is 1.09 bits per heavy atom. The van der Waals surface area contributed by atoms with Crippen LogP contribution in [0.2, 0.25) is 0 Å². The lowest BCUT2D eigenvalue weighted by Gasteiger charge is -2.34. The highest BCUT2D eigenvalue weighted by Crippen LogP contribution is 2.36. The molecule has 0 saturated carbocycles. The summed E-state index contributed by atoms with van der Waals surface area (Å²) < 4.78 is 0. The van der Waals surface area contributed by atoms with E-state index in [2.05, 4.69) is 26.1 Å². The van der Waals surface area contributed by atoms with Gasteiger partial charge in [-0.05, 0) is 30.7 Å². The summed E-state index contributed by atoms with van der Waals surface area (Å²) in [4.78, 5) is 24.6. The number of hydrogen-bond donors (Lipinski definition) is 1. The van der Waals surface area contributed by atoms with Gasteiger partial charge in [-0.15, -0.1) is 0 Å². The molecule has 0 saturated heterocycles. The molecule has 1 rings (SSSR count). The maximum atomic E-state index is 12.7. The summed E-state index contributed by atoms with van der Waals surface area (Å²) in [6, 6.07) is 9.33. The van der Waals surface area contributed by atoms with Crippen molar-refractivity contribution in [3.05, 3.63) is 35.9 Å². The standard InChI is InChI=1S/C20H31NO2/c1-7-19(3,4)14-20(5,6)18(23)21-17(15(2)22)13-16-11-9-8-10-12-16/h8-12,17H,7,13-14H2,1-6H3,(H,21,23). The van der Waals surface area contributed by atoms with Gasteiger partial charge in [-0.2, -0.15) is 0 Å². The predicted octanol–water partition coefficient (Wildman–Crippen LogP) is 4.16. The zero-order valence-corrected chi connectivity index (χ0v) is 15.4. The molecular formula is C20H31NO2. The second-order valence-corrected chi connectivity index (χ2v) is 7.90. The van der Waals surface area contributed by atoms with Crippen molar-refractivity contribution in [2.75, 3.05) is 0 Å². The van der Waals surface area contributed by atoms with Crippen LogP contribution in [0, 0.1) is 10.8 Å². The molecule has 1 N–H and O–H groups in total. The van der Waals surface area contributed by atoms with Crippen LogP contribution in [0.4, 0.5) is 0 Å². The van der Waals surface area contributed by atoms with Crippen molar-refractivity contribution in [2.45, 2.75) is 66.8 Å². The molecule has 0 spiro atoms. The SMILES string of the molecule is CCC(C)(C)CC(C)(C)C(=O)NC(Cc1ccccc1)C(C)=O. The molecule has 0 heterocycles. The van der Waals surface area contributed by atoms with Crippen LogP contribution in [0.5, 0.6) is 0 Å². The number of carbonyl (C=O) groups excluding carboxylic acids is 2. The van der Waals surface area contributed by atoms with Crippen molar-refractivity contribution in [1.29, 1.82) is 0 Å². The fourth-order valence-corrected chi connectivity index (χ4v) is 2.90. The molecule has 3 nitrogen and oxygen atoms in total. The number of benzene rings is 1. The third-order valence-corrected chi connectivity index (χ3v) is 4.57. The summed E-state index contributed by atoms with van der Waals surface area (Å²) in [6.45, 7) is 11.9. The normalized spacial score (nSPS) is 13.5. The number of rotatable bonds is 8. The molecule has 0 bridgehead atoms. The molecule has 1 unspecified atom stereocenters. The van der Waals surface area contributed by atoms with Crippen molar-refractivity contribution < 1.29 is 9.59 Å². The zero-order valence-electron chi connectivity index (χ0n) is 15.4. The van der Waals surface area contributed by atoms with E-state index in [0.717, 1.165) is 18.4 Å². The van der Waals surface area contributed by atoms with Crippen molar-refractivity contribution in [3.63, 3.8) is 0 Å². The number of ketones is 1. The number of carbonyl (C=O) groups is 2. The zero-order chi connectivity index (χ0) is 17.7. The first-order valence-corrected chi connectivity index (χ1v) is 8.43. The van der Waals surface area contributed by atoms with Gasteiger partial charge >= 0.3 is 0 Å². The average molecular weight is 317 g/mol. The highest BCUT2D eigenvalue weighted by atomic mass is 16.2. The first-order chi connectivity index (χ1) is 10.6. The number of nitrogens with one attached hydrogen (secondary N) is 1. The lowest BCUT2D eigenvalue weighted by atomic mass is 9.73. The molecule has 1 amide bonds. The molecule has 0 fully saturated rings. The maximum Gasteiger partial charge on any atom is 0.226 e. The van der Waals surface area contributed by atoms with Crippen LogP contribution in [-0.4, -0.2) is 17.7 Å². The largest absolute Gasteiger partial charge is 0.346 e. The smallest absolute Gasteiger partial charge is 0.226 e. The molecule has 0 aliphatic rings. The van der Waals surface area contributed by atoms with Crippen LogP contribution in [0.3, 0.4) is 0 Å². The third-order valence-electron chi connectivity index (χ3n) is 4.57. The molecule has 1 atom stereocenters. The Morgan fingerprint density at radius 3 is 2.13 bits per heavy atom. The fraction of sp³-hybridized carbons (Fsp3) is 0.600. The minimum absolute atomic E-state index is 0.00671. The van der Waals surface area contributed by atoms with E-state index >= 15 is 0 Å². The van der Waals surface area contributed by atoms with Gasteiger partial charge < -0.3 is 5.32 Å². The molecule has 128 valence electrons. The van der Waals surface area contributed by atoms with E-state index in [-0.39, 0.29) is 17.1 Å². The summed E-state index contributed by atoms with van der Waals surface area (Å²) >= 11 is 0. The van der Waals surface area contributed by atoms with Crippen LogP contribution in [0.25, 0.3) is 0 Å². The van der Waals surface area contributed by atoms with Gasteiger partial charge in [0.1, 0.15) is 0 Å². The van der Waals surface area contributed by atoms with Crippen molar-refractivity contribution in [1.82, 2.24) is 5.32 Å². The Bertz CT molecular complexity index is 532. The Morgan fingerprint density at radius 2 is 1.65 bits per heavy atom. The Kier molecular flexibility index (Phi) is 6.55. The minimum Gasteiger partial charge on any atom is -0.346 e. The first-order valence-electron chi connectivity index (χ1n) is 8.43. The Labute approximate surface area is 140 Å². The van der Waals surface area contributed by atoms with Gasteiger partial charge in [-0.25, -0.2) is 0 Å². The summed E-state index contributed by atoms with van der Waals surface area (Å²) in [5, 5.41) is 2.96. The molecule has 1 aromatic rings. The van der Waals surface area contributed by atoms with Crippen LogP contribution in [0.15, 0.2) is 30.3 Å². The van der Waals surface area contributed by atoms with E-state index in [1.165, 1.54) is 6.92 Å². The van der Waals surface area contributed by atoms with Crippen molar-refractivity contribution in [3.8, 4) is 0 Å². The molecule has 0 radical (unpaired) electrons. The highest BCUT2D eigenvalue weighted by Gasteiger charge is 2.35. The second kappa shape index (κ2) is 7.76. The molecular weight excluding hydrogens is 286 g/mol. The minimum atomic E-state index is -0.496. The van der Waals surface area contributed by atoms with Crippen LogP contribution in [0.1, 0.15) is 59.9 Å².